The number of carboxylic acid groups (broad SMARTS) is 1. The zero-order valence-electron chi connectivity index (χ0n) is 11.1. The van der Waals surface area contributed by atoms with Crippen LogP contribution in [0.1, 0.15) is 10.5 Å². The van der Waals surface area contributed by atoms with Gasteiger partial charge in [0.15, 0.2) is 5.69 Å². The first kappa shape index (κ1) is 14.5. The molecule has 21 heavy (non-hydrogen) atoms. The van der Waals surface area contributed by atoms with Gasteiger partial charge in [0, 0.05) is 32.0 Å². The third kappa shape index (κ3) is 4.60. The largest absolute Gasteiger partial charge is 0.476 e. The zero-order chi connectivity index (χ0) is 15.1. The number of hydrogen-bond donors (Lipinski definition) is 3. The molecule has 2 aromatic rings. The number of nitrogens with zero attached hydrogens (tertiary/aromatic N) is 5. The number of aromatic nitrogens is 5. The molecule has 0 radical (unpaired) electrons. The summed E-state index contributed by atoms with van der Waals surface area (Å²) in [4.78, 5) is 26.0. The molecular formula is C11H15N7O3. The second-order valence-corrected chi connectivity index (χ2v) is 4.16. The molecule has 0 aliphatic rings. The second-order valence-electron chi connectivity index (χ2n) is 4.16. The molecule has 0 bridgehead atoms. The number of hydrogen-bond acceptors (Lipinski definition) is 5. The third-order valence-electron chi connectivity index (χ3n) is 2.60. The summed E-state index contributed by atoms with van der Waals surface area (Å²) in [7, 11) is 0. The summed E-state index contributed by atoms with van der Waals surface area (Å²) < 4.78 is 3.21. The average Bonchev–Trinajstić information content (AvgIpc) is 3.09. The lowest BCUT2D eigenvalue weighted by atomic mass is 10.5. The molecule has 0 unspecified atom stereocenters. The first-order valence-electron chi connectivity index (χ1n) is 6.26. The Hall–Kier alpha value is -2.91. The van der Waals surface area contributed by atoms with Gasteiger partial charge >= 0.3 is 12.0 Å². The second kappa shape index (κ2) is 7.03. The maximum atomic E-state index is 11.5. The molecule has 3 N–H and O–H groups in total. The first-order valence-corrected chi connectivity index (χ1v) is 6.26. The van der Waals surface area contributed by atoms with Crippen molar-refractivity contribution in [3.63, 3.8) is 0 Å². The van der Waals surface area contributed by atoms with Crippen LogP contribution in [0.5, 0.6) is 0 Å². The highest BCUT2D eigenvalue weighted by molar-refractivity contribution is 5.84. The van der Waals surface area contributed by atoms with Gasteiger partial charge in [-0.15, -0.1) is 5.10 Å². The molecule has 2 aromatic heterocycles. The molecule has 0 aromatic carbocycles. The van der Waals surface area contributed by atoms with E-state index >= 15 is 0 Å². The van der Waals surface area contributed by atoms with Crippen LogP contribution >= 0.6 is 0 Å². The van der Waals surface area contributed by atoms with Crippen LogP contribution in [0.2, 0.25) is 0 Å². The summed E-state index contributed by atoms with van der Waals surface area (Å²) in [6.07, 6.45) is 6.46. The number of amides is 2. The fraction of sp³-hybridized carbons (Fsp3) is 0.364. The molecule has 0 aliphatic carbocycles. The van der Waals surface area contributed by atoms with Gasteiger partial charge in [-0.05, 0) is 0 Å². The number of aromatic carboxylic acids is 1. The van der Waals surface area contributed by atoms with Crippen LogP contribution in [0, 0.1) is 0 Å². The van der Waals surface area contributed by atoms with Gasteiger partial charge in [0.1, 0.15) is 0 Å². The van der Waals surface area contributed by atoms with E-state index in [4.69, 9.17) is 5.11 Å². The summed E-state index contributed by atoms with van der Waals surface area (Å²) >= 11 is 0. The molecule has 0 atom stereocenters. The van der Waals surface area contributed by atoms with Crippen molar-refractivity contribution in [2.24, 2.45) is 0 Å². The average molecular weight is 293 g/mol. The smallest absolute Gasteiger partial charge is 0.358 e. The Kier molecular flexibility index (Phi) is 4.85. The summed E-state index contributed by atoms with van der Waals surface area (Å²) in [5.41, 5.74) is -0.125. The standard InChI is InChI=1S/C11H15N7O3/c19-10(20)9-7-18(16-15-9)6-3-14-11(21)13-2-5-17-4-1-12-8-17/h1,4,7-8H,2-3,5-6H2,(H,19,20)(H2,13,14,21). The Labute approximate surface area is 119 Å². The predicted octanol–water partition coefficient (Wildman–Crippen LogP) is -0.828. The van der Waals surface area contributed by atoms with Crippen LogP contribution in [-0.2, 0) is 13.1 Å². The van der Waals surface area contributed by atoms with E-state index in [1.165, 1.54) is 10.9 Å². The molecular weight excluding hydrogens is 278 g/mol. The van der Waals surface area contributed by atoms with Gasteiger partial charge in [-0.1, -0.05) is 5.21 Å². The van der Waals surface area contributed by atoms with Crippen molar-refractivity contribution in [1.29, 1.82) is 0 Å². The molecule has 0 aliphatic heterocycles. The van der Waals surface area contributed by atoms with Gasteiger partial charge in [-0.2, -0.15) is 0 Å². The number of rotatable bonds is 7. The van der Waals surface area contributed by atoms with Gasteiger partial charge in [-0.3, -0.25) is 0 Å². The number of carbonyl (C=O) groups excluding carboxylic acids is 1. The van der Waals surface area contributed by atoms with E-state index < -0.39 is 5.97 Å². The van der Waals surface area contributed by atoms with Crippen LogP contribution in [0.3, 0.4) is 0 Å². The van der Waals surface area contributed by atoms with Crippen LogP contribution in [0.15, 0.2) is 24.9 Å². The van der Waals surface area contributed by atoms with E-state index in [0.717, 1.165) is 0 Å². The summed E-state index contributed by atoms with van der Waals surface area (Å²) in [6.45, 7) is 1.78. The van der Waals surface area contributed by atoms with Crippen LogP contribution < -0.4 is 10.6 Å². The lowest BCUT2D eigenvalue weighted by molar-refractivity contribution is 0.0690. The van der Waals surface area contributed by atoms with E-state index in [1.807, 2.05) is 10.8 Å². The highest BCUT2D eigenvalue weighted by Gasteiger charge is 2.07. The normalized spacial score (nSPS) is 10.3. The lowest BCUT2D eigenvalue weighted by Crippen LogP contribution is -2.38. The van der Waals surface area contributed by atoms with Gasteiger partial charge in [0.2, 0.25) is 0 Å². The maximum Gasteiger partial charge on any atom is 0.358 e. The molecule has 0 spiro atoms. The summed E-state index contributed by atoms with van der Waals surface area (Å²) in [6, 6.07) is -0.298. The van der Waals surface area contributed by atoms with Crippen molar-refractivity contribution >= 4 is 12.0 Å². The van der Waals surface area contributed by atoms with E-state index in [1.54, 1.807) is 12.5 Å². The molecule has 2 rings (SSSR count). The molecule has 2 heterocycles. The van der Waals surface area contributed by atoms with E-state index in [2.05, 4.69) is 25.9 Å². The Balaban J connectivity index is 1.61. The van der Waals surface area contributed by atoms with Gasteiger partial charge in [0.05, 0.1) is 19.1 Å². The number of carbonyl (C=O) groups is 2. The highest BCUT2D eigenvalue weighted by atomic mass is 16.4. The molecule has 2 amide bonds. The Morgan fingerprint density at radius 3 is 2.62 bits per heavy atom. The van der Waals surface area contributed by atoms with Crippen molar-refractivity contribution in [3.05, 3.63) is 30.6 Å². The number of urea groups is 1. The summed E-state index contributed by atoms with van der Waals surface area (Å²) in [5, 5.41) is 21.1. The highest BCUT2D eigenvalue weighted by Crippen LogP contribution is 1.91. The first-order chi connectivity index (χ1) is 10.1. The zero-order valence-corrected chi connectivity index (χ0v) is 11.1. The minimum atomic E-state index is -1.13. The molecule has 112 valence electrons. The number of imidazole rings is 1. The van der Waals surface area contributed by atoms with E-state index in [0.29, 0.717) is 26.2 Å². The monoisotopic (exact) mass is 293 g/mol. The van der Waals surface area contributed by atoms with Crippen molar-refractivity contribution < 1.29 is 14.7 Å². The Morgan fingerprint density at radius 1 is 1.24 bits per heavy atom. The van der Waals surface area contributed by atoms with Crippen LogP contribution in [0.25, 0.3) is 0 Å². The van der Waals surface area contributed by atoms with Crippen molar-refractivity contribution in [1.82, 2.24) is 35.2 Å². The lowest BCUT2D eigenvalue weighted by Gasteiger charge is -2.07. The Morgan fingerprint density at radius 2 is 2.00 bits per heavy atom. The van der Waals surface area contributed by atoms with Gasteiger partial charge in [0.25, 0.3) is 0 Å². The van der Waals surface area contributed by atoms with Crippen LogP contribution in [0.4, 0.5) is 4.79 Å². The molecule has 0 fully saturated rings. The molecule has 10 heteroatoms. The topological polar surface area (TPSA) is 127 Å². The third-order valence-corrected chi connectivity index (χ3v) is 2.60. The van der Waals surface area contributed by atoms with Gasteiger partial charge < -0.3 is 20.3 Å². The van der Waals surface area contributed by atoms with E-state index in [-0.39, 0.29) is 11.7 Å². The van der Waals surface area contributed by atoms with Crippen molar-refractivity contribution in [2.45, 2.75) is 13.1 Å². The minimum absolute atomic E-state index is 0.125. The molecule has 0 saturated heterocycles. The minimum Gasteiger partial charge on any atom is -0.476 e. The number of carboxylic acids is 1. The fourth-order valence-electron chi connectivity index (χ4n) is 1.57. The van der Waals surface area contributed by atoms with E-state index in [9.17, 15) is 9.59 Å². The molecule has 10 nitrogen and oxygen atoms in total. The number of nitrogens with one attached hydrogen (secondary N) is 2. The van der Waals surface area contributed by atoms with Crippen molar-refractivity contribution in [2.75, 3.05) is 13.1 Å². The predicted molar refractivity (Wildman–Crippen MR) is 70.6 cm³/mol. The quantitative estimate of drug-likeness (QED) is 0.611. The van der Waals surface area contributed by atoms with Crippen molar-refractivity contribution in [3.8, 4) is 0 Å². The maximum absolute atomic E-state index is 11.5. The summed E-state index contributed by atoms with van der Waals surface area (Å²) in [5.74, 6) is -1.13. The fourth-order valence-corrected chi connectivity index (χ4v) is 1.57. The SMILES string of the molecule is O=C(NCCn1ccnc1)NCCn1cc(C(=O)O)nn1. The van der Waals surface area contributed by atoms with Crippen LogP contribution in [-0.4, -0.2) is 54.7 Å². The van der Waals surface area contributed by atoms with Gasteiger partial charge in [-0.25, -0.2) is 19.3 Å². The Bertz CT molecular complexity index is 593. The molecule has 0 saturated carbocycles.